The number of hydrogen-bond acceptors (Lipinski definition) is 11. The molecule has 16 nitrogen and oxygen atoms in total. The predicted octanol–water partition coefficient (Wildman–Crippen LogP) is 2.47. The lowest BCUT2D eigenvalue weighted by Crippen LogP contribution is -2.52. The summed E-state index contributed by atoms with van der Waals surface area (Å²) in [7, 11) is 0. The molecule has 5 amide bonds. The molecule has 1 atom stereocenters. The van der Waals surface area contributed by atoms with Crippen LogP contribution in [0.25, 0.3) is 0 Å². The quantitative estimate of drug-likeness (QED) is 0.0848. The normalized spacial score (nSPS) is 14.0. The molecule has 1 aliphatic heterocycles. The van der Waals surface area contributed by atoms with Crippen molar-refractivity contribution >= 4 is 40.9 Å². The number of ketones is 1. The van der Waals surface area contributed by atoms with Gasteiger partial charge in [-0.15, -0.1) is 5.10 Å². The largest absolute Gasteiger partial charge is 0.388 e. The number of nitrogens with one attached hydrogen (secondary N) is 4. The summed E-state index contributed by atoms with van der Waals surface area (Å²) in [5.41, 5.74) is 3.46. The second-order valence-corrected chi connectivity index (χ2v) is 12.0. The number of unbranched alkanes of at least 4 members (excludes halogenated alkanes) is 1. The zero-order valence-corrected chi connectivity index (χ0v) is 28.2. The molecule has 16 heteroatoms. The Hall–Kier alpha value is -6.03. The number of hydrogen-bond donors (Lipinski definition) is 5. The van der Waals surface area contributed by atoms with Crippen molar-refractivity contribution in [2.45, 2.75) is 64.7 Å². The lowest BCUT2D eigenvalue weighted by Gasteiger charge is -2.23. The number of Topliss-reactive ketones (excluding diaryl/α,β-unsaturated/α-hetero) is 1. The Morgan fingerprint density at radius 2 is 1.82 bits per heavy atom. The number of aromatic nitrogens is 5. The summed E-state index contributed by atoms with van der Waals surface area (Å²) < 4.78 is 1.68. The zero-order chi connectivity index (χ0) is 36.2. The molecule has 5 rings (SSSR count). The van der Waals surface area contributed by atoms with Crippen molar-refractivity contribution in [1.29, 1.82) is 0 Å². The van der Waals surface area contributed by atoms with Crippen molar-refractivity contribution in [1.82, 2.24) is 40.5 Å². The van der Waals surface area contributed by atoms with Crippen molar-refractivity contribution < 1.29 is 29.1 Å². The summed E-state index contributed by atoms with van der Waals surface area (Å²) in [4.78, 5) is 71.4. The maximum Gasteiger partial charge on any atom is 0.322 e. The third kappa shape index (κ3) is 10.5. The summed E-state index contributed by atoms with van der Waals surface area (Å²) in [5, 5.41) is 28.4. The molecule has 3 heterocycles. The number of rotatable bonds is 16. The molecule has 5 N–H and O–H groups in total. The number of piperidine rings is 1. The van der Waals surface area contributed by atoms with Crippen LogP contribution in [0.3, 0.4) is 0 Å². The molecule has 4 aromatic rings. The molecule has 0 saturated carbocycles. The number of imide groups is 1. The number of amides is 5. The van der Waals surface area contributed by atoms with Gasteiger partial charge in [0.25, 0.3) is 5.91 Å². The lowest BCUT2D eigenvalue weighted by molar-refractivity contribution is -0.134. The molecule has 1 aliphatic rings. The standard InChI is InChI=1S/C35H40N10O6/c1-2-3-14-44(20-23-7-9-24(10-8-23)30(47)22-46)35(51)39-27-17-37-31(38-18-27)13-15-45-21-28(42-43-45)19-36-26-6-4-5-25(16-26)33(49)40-29-11-12-32(48)41-34(29)50/h4-10,16-18,21,29,36,46H,2-3,11-15,19-20,22H2,1H3,(H,39,51)(H,40,49)(H,41,48,50). The summed E-state index contributed by atoms with van der Waals surface area (Å²) in [6.45, 7) is 3.22. The number of benzene rings is 2. The van der Waals surface area contributed by atoms with Crippen LogP contribution in [-0.2, 0) is 35.6 Å². The van der Waals surface area contributed by atoms with Crippen LogP contribution in [-0.4, -0.2) is 83.7 Å². The van der Waals surface area contributed by atoms with E-state index in [1.165, 1.54) is 0 Å². The number of nitrogens with zero attached hydrogens (tertiary/aromatic N) is 6. The number of carbonyl (C=O) groups is 5. The first-order valence-corrected chi connectivity index (χ1v) is 16.7. The first-order valence-electron chi connectivity index (χ1n) is 16.7. The number of urea groups is 1. The smallest absolute Gasteiger partial charge is 0.322 e. The fourth-order valence-corrected chi connectivity index (χ4v) is 5.24. The third-order valence-corrected chi connectivity index (χ3v) is 8.11. The van der Waals surface area contributed by atoms with Gasteiger partial charge >= 0.3 is 6.03 Å². The van der Waals surface area contributed by atoms with Crippen LogP contribution in [0, 0.1) is 0 Å². The minimum absolute atomic E-state index is 0.175. The van der Waals surface area contributed by atoms with Gasteiger partial charge in [0.15, 0.2) is 5.78 Å². The summed E-state index contributed by atoms with van der Waals surface area (Å²) in [6, 6.07) is 12.6. The Bertz CT molecular complexity index is 1840. The van der Waals surface area contributed by atoms with Gasteiger partial charge in [0, 0.05) is 49.3 Å². The van der Waals surface area contributed by atoms with Crippen LogP contribution < -0.4 is 21.3 Å². The van der Waals surface area contributed by atoms with Crippen LogP contribution in [0.1, 0.15) is 70.4 Å². The van der Waals surface area contributed by atoms with Crippen LogP contribution in [0.2, 0.25) is 0 Å². The Morgan fingerprint density at radius 3 is 2.55 bits per heavy atom. The molecule has 0 aliphatic carbocycles. The van der Waals surface area contributed by atoms with E-state index in [-0.39, 0.29) is 30.6 Å². The van der Waals surface area contributed by atoms with E-state index in [9.17, 15) is 24.0 Å². The highest BCUT2D eigenvalue weighted by atomic mass is 16.3. The van der Waals surface area contributed by atoms with Gasteiger partial charge in [-0.1, -0.05) is 48.9 Å². The van der Waals surface area contributed by atoms with Crippen molar-refractivity contribution in [2.24, 2.45) is 0 Å². The zero-order valence-electron chi connectivity index (χ0n) is 28.2. The SMILES string of the molecule is CCCCN(Cc1ccc(C(=O)CO)cc1)C(=O)Nc1cnc(CCn2cc(CNc3cccc(C(=O)NC4CCC(=O)NC4=O)c3)nn2)nc1. The molecule has 1 saturated heterocycles. The number of aliphatic hydroxyl groups is 1. The van der Waals surface area contributed by atoms with Crippen LogP contribution in [0.15, 0.2) is 67.1 Å². The molecule has 2 aromatic heterocycles. The number of aryl methyl sites for hydroxylation is 2. The van der Waals surface area contributed by atoms with Crippen molar-refractivity contribution in [3.8, 4) is 0 Å². The van der Waals surface area contributed by atoms with Gasteiger partial charge in [-0.3, -0.25) is 29.2 Å². The predicted molar refractivity (Wildman–Crippen MR) is 185 cm³/mol. The van der Waals surface area contributed by atoms with E-state index in [0.29, 0.717) is 66.6 Å². The molecule has 2 aromatic carbocycles. The Labute approximate surface area is 294 Å². The first-order chi connectivity index (χ1) is 24.7. The molecule has 0 radical (unpaired) electrons. The highest BCUT2D eigenvalue weighted by Crippen LogP contribution is 2.15. The Morgan fingerprint density at radius 1 is 1.04 bits per heavy atom. The van der Waals surface area contributed by atoms with Crippen molar-refractivity contribution in [2.75, 3.05) is 23.8 Å². The van der Waals surface area contributed by atoms with E-state index in [4.69, 9.17) is 5.11 Å². The maximum absolute atomic E-state index is 13.1. The van der Waals surface area contributed by atoms with Gasteiger partial charge in [0.2, 0.25) is 11.8 Å². The highest BCUT2D eigenvalue weighted by molar-refractivity contribution is 6.04. The summed E-state index contributed by atoms with van der Waals surface area (Å²) in [5.74, 6) is -1.06. The minimum Gasteiger partial charge on any atom is -0.388 e. The molecule has 0 spiro atoms. The molecule has 1 unspecified atom stereocenters. The first kappa shape index (κ1) is 36.3. The van der Waals surface area contributed by atoms with Crippen molar-refractivity contribution in [3.05, 3.63) is 95.3 Å². The fourth-order valence-electron chi connectivity index (χ4n) is 5.24. The van der Waals surface area contributed by atoms with E-state index in [2.05, 4.69) is 41.5 Å². The topological polar surface area (TPSA) is 213 Å². The van der Waals surface area contributed by atoms with Gasteiger partial charge in [-0.05, 0) is 36.6 Å². The Balaban J connectivity index is 1.08. The summed E-state index contributed by atoms with van der Waals surface area (Å²) in [6.07, 6.45) is 7.57. The molecular formula is C35H40N10O6. The average Bonchev–Trinajstić information content (AvgIpc) is 3.61. The maximum atomic E-state index is 13.1. The molecule has 1 fully saturated rings. The monoisotopic (exact) mass is 696 g/mol. The summed E-state index contributed by atoms with van der Waals surface area (Å²) >= 11 is 0. The average molecular weight is 697 g/mol. The number of anilines is 2. The van der Waals surface area contributed by atoms with E-state index in [1.807, 2.05) is 13.0 Å². The van der Waals surface area contributed by atoms with Gasteiger partial charge < -0.3 is 26.0 Å². The minimum atomic E-state index is -0.757. The molecular weight excluding hydrogens is 656 g/mol. The Kier molecular flexibility index (Phi) is 12.5. The van der Waals surface area contributed by atoms with Crippen LogP contribution in [0.5, 0.6) is 0 Å². The second-order valence-electron chi connectivity index (χ2n) is 12.0. The van der Waals surface area contributed by atoms with E-state index in [0.717, 1.165) is 18.4 Å². The van der Waals surface area contributed by atoms with Crippen molar-refractivity contribution in [3.63, 3.8) is 0 Å². The van der Waals surface area contributed by atoms with Gasteiger partial charge in [0.05, 0.1) is 30.8 Å². The second kappa shape index (κ2) is 17.6. The number of aliphatic hydroxyl groups excluding tert-OH is 1. The molecule has 0 bridgehead atoms. The van der Waals surface area contributed by atoms with Crippen LogP contribution in [0.4, 0.5) is 16.2 Å². The fraction of sp³-hybridized carbons (Fsp3) is 0.343. The van der Waals surface area contributed by atoms with Gasteiger partial charge in [0.1, 0.15) is 24.2 Å². The number of carbonyl (C=O) groups excluding carboxylic acids is 5. The van der Waals surface area contributed by atoms with Crippen LogP contribution >= 0.6 is 0 Å². The highest BCUT2D eigenvalue weighted by Gasteiger charge is 2.28. The van der Waals surface area contributed by atoms with E-state index in [1.54, 1.807) is 70.6 Å². The molecule has 51 heavy (non-hydrogen) atoms. The van der Waals surface area contributed by atoms with Gasteiger partial charge in [-0.2, -0.15) is 0 Å². The third-order valence-electron chi connectivity index (χ3n) is 8.11. The van der Waals surface area contributed by atoms with Gasteiger partial charge in [-0.25, -0.2) is 14.8 Å². The van der Waals surface area contributed by atoms with E-state index >= 15 is 0 Å². The molecule has 266 valence electrons. The van der Waals surface area contributed by atoms with E-state index < -0.39 is 24.5 Å². The lowest BCUT2D eigenvalue weighted by atomic mass is 10.1.